The van der Waals surface area contributed by atoms with E-state index in [1.165, 1.54) is 4.90 Å². The van der Waals surface area contributed by atoms with Gasteiger partial charge in [0.15, 0.2) is 5.82 Å². The summed E-state index contributed by atoms with van der Waals surface area (Å²) in [5, 5.41) is 9.95. The number of nitrogens with one attached hydrogen (secondary N) is 2. The first-order valence-corrected chi connectivity index (χ1v) is 10.4. The molecule has 0 bridgehead atoms. The number of aromatic nitrogens is 3. The van der Waals surface area contributed by atoms with E-state index in [2.05, 4.69) is 20.7 Å². The predicted octanol–water partition coefficient (Wildman–Crippen LogP) is 2.10. The van der Waals surface area contributed by atoms with E-state index in [0.717, 1.165) is 31.2 Å². The van der Waals surface area contributed by atoms with E-state index in [0.29, 0.717) is 25.2 Å². The van der Waals surface area contributed by atoms with Gasteiger partial charge in [-0.3, -0.25) is 24.2 Å². The molecule has 0 unspecified atom stereocenters. The number of imide groups is 1. The number of nitrogens with zero attached hydrogens (tertiary/aromatic N) is 4. The maximum atomic E-state index is 12.7. The van der Waals surface area contributed by atoms with Gasteiger partial charge in [0.1, 0.15) is 5.54 Å². The minimum absolute atomic E-state index is 0.0408. The Hall–Kier alpha value is -3.23. The topological polar surface area (TPSA) is 109 Å². The first-order valence-electron chi connectivity index (χ1n) is 10.4. The van der Waals surface area contributed by atoms with Gasteiger partial charge in [-0.25, -0.2) is 4.79 Å². The smallest absolute Gasteiger partial charge is 0.323 e. The number of hydrogen-bond acceptors (Lipinski definition) is 5. The number of amides is 4. The molecule has 9 nitrogen and oxygen atoms in total. The van der Waals surface area contributed by atoms with E-state index in [-0.39, 0.29) is 24.8 Å². The average Bonchev–Trinajstić information content (AvgIpc) is 3.29. The molecule has 0 aromatic carbocycles. The summed E-state index contributed by atoms with van der Waals surface area (Å²) in [4.78, 5) is 42.5. The maximum absolute atomic E-state index is 12.7. The lowest BCUT2D eigenvalue weighted by Crippen LogP contribution is -2.48. The van der Waals surface area contributed by atoms with Crippen molar-refractivity contribution < 1.29 is 14.4 Å². The molecule has 30 heavy (non-hydrogen) atoms. The van der Waals surface area contributed by atoms with E-state index in [9.17, 15) is 14.4 Å². The van der Waals surface area contributed by atoms with Crippen LogP contribution in [0.1, 0.15) is 44.1 Å². The monoisotopic (exact) mass is 410 g/mol. The lowest BCUT2D eigenvalue weighted by molar-refractivity contribution is -0.132. The van der Waals surface area contributed by atoms with Gasteiger partial charge in [0.25, 0.3) is 5.91 Å². The molecule has 1 spiro atoms. The van der Waals surface area contributed by atoms with Gasteiger partial charge in [-0.05, 0) is 37.0 Å². The van der Waals surface area contributed by atoms with Crippen molar-refractivity contribution in [2.75, 3.05) is 11.9 Å². The molecular weight excluding hydrogens is 384 g/mol. The van der Waals surface area contributed by atoms with Crippen LogP contribution in [-0.2, 0) is 22.6 Å². The summed E-state index contributed by atoms with van der Waals surface area (Å²) in [6.45, 7) is 0.755. The van der Waals surface area contributed by atoms with Crippen LogP contribution in [0.25, 0.3) is 0 Å². The summed E-state index contributed by atoms with van der Waals surface area (Å²) in [6, 6.07) is 5.25. The van der Waals surface area contributed by atoms with Crippen LogP contribution in [0.3, 0.4) is 0 Å². The summed E-state index contributed by atoms with van der Waals surface area (Å²) >= 11 is 0. The largest absolute Gasteiger partial charge is 0.325 e. The van der Waals surface area contributed by atoms with Crippen molar-refractivity contribution in [1.82, 2.24) is 25.0 Å². The zero-order chi connectivity index (χ0) is 21.0. The zero-order valence-corrected chi connectivity index (χ0v) is 16.8. The van der Waals surface area contributed by atoms with Crippen LogP contribution in [0.5, 0.6) is 0 Å². The van der Waals surface area contributed by atoms with E-state index in [1.807, 2.05) is 12.1 Å². The Balaban J connectivity index is 1.25. The molecule has 2 aromatic rings. The molecule has 158 valence electrons. The molecular formula is C21H26N6O3. The lowest BCUT2D eigenvalue weighted by atomic mass is 9.82. The van der Waals surface area contributed by atoms with Crippen LogP contribution in [-0.4, -0.2) is 49.6 Å². The highest BCUT2D eigenvalue weighted by atomic mass is 16.2. The van der Waals surface area contributed by atoms with Crippen molar-refractivity contribution in [3.63, 3.8) is 0 Å². The third kappa shape index (κ3) is 4.34. The molecule has 2 N–H and O–H groups in total. The molecule has 0 radical (unpaired) electrons. The molecule has 9 heteroatoms. The fourth-order valence-corrected chi connectivity index (χ4v) is 4.14. The summed E-state index contributed by atoms with van der Waals surface area (Å²) in [5.41, 5.74) is 0.412. The summed E-state index contributed by atoms with van der Waals surface area (Å²) < 4.78 is 1.76. The number of rotatable bonds is 7. The number of carbonyl (C=O) groups excluding carboxylic acids is 3. The van der Waals surface area contributed by atoms with Gasteiger partial charge < -0.3 is 10.6 Å². The van der Waals surface area contributed by atoms with Crippen molar-refractivity contribution >= 4 is 23.7 Å². The minimum atomic E-state index is -0.751. The van der Waals surface area contributed by atoms with Crippen molar-refractivity contribution in [3.8, 4) is 0 Å². The van der Waals surface area contributed by atoms with Gasteiger partial charge in [-0.2, -0.15) is 5.10 Å². The molecule has 1 saturated carbocycles. The SMILES string of the molecule is O=C(CCN1C(=O)NC2(CCCCC2)C1=O)Nc1ccn(CCc2ccncc2)n1. The molecule has 2 fully saturated rings. The van der Waals surface area contributed by atoms with Crippen molar-refractivity contribution in [2.24, 2.45) is 0 Å². The Morgan fingerprint density at radius 3 is 2.63 bits per heavy atom. The molecule has 2 aliphatic rings. The second kappa shape index (κ2) is 8.64. The summed E-state index contributed by atoms with van der Waals surface area (Å²) in [5.74, 6) is -0.0179. The molecule has 1 aliphatic heterocycles. The van der Waals surface area contributed by atoms with Crippen LogP contribution in [0.2, 0.25) is 0 Å². The summed E-state index contributed by atoms with van der Waals surface area (Å²) in [6.07, 6.45) is 10.5. The second-order valence-electron chi connectivity index (χ2n) is 7.90. The molecule has 1 aliphatic carbocycles. The van der Waals surface area contributed by atoms with Gasteiger partial charge in [0.2, 0.25) is 5.91 Å². The lowest BCUT2D eigenvalue weighted by Gasteiger charge is -2.30. The number of hydrogen-bond donors (Lipinski definition) is 2. The summed E-state index contributed by atoms with van der Waals surface area (Å²) in [7, 11) is 0. The molecule has 1 saturated heterocycles. The van der Waals surface area contributed by atoms with Crippen molar-refractivity contribution in [1.29, 1.82) is 0 Å². The standard InChI is InChI=1S/C21H26N6O3/c28-18(8-15-27-19(29)21(24-20(27)30)9-2-1-3-10-21)23-17-7-14-26(25-17)13-6-16-4-11-22-12-5-16/h4-5,7,11-12,14H,1-3,6,8-10,13,15H2,(H,24,30)(H,23,25,28). The number of pyridine rings is 1. The highest BCUT2D eigenvalue weighted by Gasteiger charge is 2.51. The van der Waals surface area contributed by atoms with E-state index in [1.54, 1.807) is 29.3 Å². The third-order valence-corrected chi connectivity index (χ3v) is 5.80. The Labute approximate surface area is 174 Å². The predicted molar refractivity (Wildman–Crippen MR) is 109 cm³/mol. The van der Waals surface area contributed by atoms with Crippen LogP contribution in [0, 0.1) is 0 Å². The Morgan fingerprint density at radius 1 is 1.10 bits per heavy atom. The van der Waals surface area contributed by atoms with E-state index >= 15 is 0 Å². The first kappa shape index (κ1) is 20.1. The van der Waals surface area contributed by atoms with Crippen LogP contribution in [0.15, 0.2) is 36.8 Å². The van der Waals surface area contributed by atoms with E-state index in [4.69, 9.17) is 0 Å². The molecule has 4 amide bonds. The average molecular weight is 410 g/mol. The Kier molecular flexibility index (Phi) is 5.78. The van der Waals surface area contributed by atoms with Gasteiger partial charge >= 0.3 is 6.03 Å². The fraction of sp³-hybridized carbons (Fsp3) is 0.476. The highest BCUT2D eigenvalue weighted by Crippen LogP contribution is 2.33. The molecule has 2 aromatic heterocycles. The Bertz CT molecular complexity index is 920. The van der Waals surface area contributed by atoms with Gasteiger partial charge in [-0.1, -0.05) is 19.3 Å². The molecule has 4 rings (SSSR count). The van der Waals surface area contributed by atoms with Crippen molar-refractivity contribution in [2.45, 2.75) is 57.0 Å². The third-order valence-electron chi connectivity index (χ3n) is 5.80. The zero-order valence-electron chi connectivity index (χ0n) is 16.8. The number of urea groups is 1. The maximum Gasteiger partial charge on any atom is 0.325 e. The first-order chi connectivity index (χ1) is 14.6. The minimum Gasteiger partial charge on any atom is -0.323 e. The van der Waals surface area contributed by atoms with Gasteiger partial charge in [0.05, 0.1) is 0 Å². The van der Waals surface area contributed by atoms with E-state index < -0.39 is 11.6 Å². The van der Waals surface area contributed by atoms with Gasteiger partial charge in [-0.15, -0.1) is 0 Å². The normalized spacial score (nSPS) is 17.9. The number of aryl methyl sites for hydroxylation is 2. The van der Waals surface area contributed by atoms with Crippen molar-refractivity contribution in [3.05, 3.63) is 42.4 Å². The highest BCUT2D eigenvalue weighted by molar-refractivity contribution is 6.07. The van der Waals surface area contributed by atoms with Crippen LogP contribution >= 0.6 is 0 Å². The number of carbonyl (C=O) groups is 3. The Morgan fingerprint density at radius 2 is 1.87 bits per heavy atom. The fourth-order valence-electron chi connectivity index (χ4n) is 4.14. The molecule has 0 atom stereocenters. The quantitative estimate of drug-likeness (QED) is 0.680. The van der Waals surface area contributed by atoms with Gasteiger partial charge in [0, 0.05) is 44.2 Å². The molecule has 3 heterocycles. The second-order valence-corrected chi connectivity index (χ2v) is 7.90. The van der Waals surface area contributed by atoms with Crippen LogP contribution < -0.4 is 10.6 Å². The number of anilines is 1. The van der Waals surface area contributed by atoms with Crippen LogP contribution in [0.4, 0.5) is 10.6 Å².